The zero-order valence-electron chi connectivity index (χ0n) is 18.9. The quantitative estimate of drug-likeness (QED) is 0.462. The first-order valence-electron chi connectivity index (χ1n) is 10.8. The second-order valence-electron chi connectivity index (χ2n) is 8.10. The van der Waals surface area contributed by atoms with E-state index in [2.05, 4.69) is 31.7 Å². The molecule has 8 nitrogen and oxygen atoms in total. The first-order valence-corrected chi connectivity index (χ1v) is 13.2. The van der Waals surface area contributed by atoms with Crippen LogP contribution in [0.2, 0.25) is 0 Å². The number of fused-ring (bicyclic) bond motifs is 1. The standard InChI is InChI=1S/C24H26N4O4S2/c1-16(27-34(31,32)20-9-7-19(8-10-20)25-17(2)29)24(30)26-21-5-3-4-6-22(21)28-13-11-23-18(15-28)12-14-33-23/h3-10,12,14,16,27H,11,13,15H2,1-2H3,(H,25,29)(H,26,30)/t16-/m0/s1. The van der Waals surface area contributed by atoms with Gasteiger partial charge in [-0.15, -0.1) is 11.3 Å². The summed E-state index contributed by atoms with van der Waals surface area (Å²) in [7, 11) is -3.93. The number of nitrogens with zero attached hydrogens (tertiary/aromatic N) is 1. The van der Waals surface area contributed by atoms with Crippen LogP contribution < -0.4 is 20.3 Å². The largest absolute Gasteiger partial charge is 0.365 e. The summed E-state index contributed by atoms with van der Waals surface area (Å²) < 4.78 is 27.9. The van der Waals surface area contributed by atoms with Gasteiger partial charge < -0.3 is 15.5 Å². The Balaban J connectivity index is 1.43. The minimum Gasteiger partial charge on any atom is -0.365 e. The Morgan fingerprint density at radius 2 is 1.76 bits per heavy atom. The number of benzene rings is 2. The third-order valence-corrected chi connectivity index (χ3v) is 8.10. The predicted molar refractivity (Wildman–Crippen MR) is 135 cm³/mol. The van der Waals surface area contributed by atoms with Crippen LogP contribution in [0.15, 0.2) is 64.9 Å². The van der Waals surface area contributed by atoms with E-state index in [1.807, 2.05) is 24.3 Å². The van der Waals surface area contributed by atoms with Crippen molar-refractivity contribution in [3.05, 3.63) is 70.4 Å². The number of carbonyl (C=O) groups is 2. The lowest BCUT2D eigenvalue weighted by Crippen LogP contribution is -2.41. The molecule has 178 valence electrons. The molecule has 10 heteroatoms. The number of hydrogen-bond acceptors (Lipinski definition) is 6. The highest BCUT2D eigenvalue weighted by Crippen LogP contribution is 2.32. The van der Waals surface area contributed by atoms with E-state index in [9.17, 15) is 18.0 Å². The molecular weight excluding hydrogens is 472 g/mol. The lowest BCUT2D eigenvalue weighted by Gasteiger charge is -2.31. The highest BCUT2D eigenvalue weighted by Gasteiger charge is 2.24. The van der Waals surface area contributed by atoms with Crippen LogP contribution in [-0.4, -0.2) is 32.8 Å². The van der Waals surface area contributed by atoms with Crippen LogP contribution in [0, 0.1) is 0 Å². The van der Waals surface area contributed by atoms with Crippen LogP contribution in [0.5, 0.6) is 0 Å². The molecule has 1 aliphatic heterocycles. The van der Waals surface area contributed by atoms with E-state index in [1.54, 1.807) is 11.3 Å². The Bertz CT molecular complexity index is 1300. The molecule has 3 N–H and O–H groups in total. The van der Waals surface area contributed by atoms with Crippen molar-refractivity contribution in [1.29, 1.82) is 0 Å². The number of hydrogen-bond donors (Lipinski definition) is 3. The van der Waals surface area contributed by atoms with Crippen molar-refractivity contribution in [2.75, 3.05) is 22.1 Å². The summed E-state index contributed by atoms with van der Waals surface area (Å²) >= 11 is 1.77. The van der Waals surface area contributed by atoms with Crippen LogP contribution in [-0.2, 0) is 32.6 Å². The van der Waals surface area contributed by atoms with Gasteiger partial charge in [-0.25, -0.2) is 8.42 Å². The van der Waals surface area contributed by atoms with E-state index < -0.39 is 22.0 Å². The van der Waals surface area contributed by atoms with Crippen molar-refractivity contribution in [2.24, 2.45) is 0 Å². The zero-order chi connectivity index (χ0) is 24.3. The van der Waals surface area contributed by atoms with Crippen LogP contribution in [0.1, 0.15) is 24.3 Å². The molecule has 2 aromatic carbocycles. The lowest BCUT2D eigenvalue weighted by atomic mass is 10.1. The van der Waals surface area contributed by atoms with Crippen molar-refractivity contribution in [3.8, 4) is 0 Å². The van der Waals surface area contributed by atoms with Crippen molar-refractivity contribution in [3.63, 3.8) is 0 Å². The molecule has 2 amide bonds. The van der Waals surface area contributed by atoms with Crippen molar-refractivity contribution in [1.82, 2.24) is 4.72 Å². The SMILES string of the molecule is CC(=O)Nc1ccc(S(=O)(=O)N[C@@H](C)C(=O)Nc2ccccc2N2CCc3sccc3C2)cc1. The predicted octanol–water partition coefficient (Wildman–Crippen LogP) is 3.57. The van der Waals surface area contributed by atoms with Gasteiger partial charge in [0.15, 0.2) is 0 Å². The minimum atomic E-state index is -3.93. The molecule has 4 rings (SSSR count). The summed E-state index contributed by atoms with van der Waals surface area (Å²) in [6.07, 6.45) is 0.951. The summed E-state index contributed by atoms with van der Waals surface area (Å²) in [5.41, 5.74) is 3.32. The maximum atomic E-state index is 12.9. The summed E-state index contributed by atoms with van der Waals surface area (Å²) in [6.45, 7) is 4.48. The molecule has 0 bridgehead atoms. The number of para-hydroxylation sites is 2. The van der Waals surface area contributed by atoms with Gasteiger partial charge in [0.1, 0.15) is 0 Å². The first-order chi connectivity index (χ1) is 16.2. The molecule has 0 aliphatic carbocycles. The van der Waals surface area contributed by atoms with Gasteiger partial charge in [0.25, 0.3) is 0 Å². The molecule has 0 radical (unpaired) electrons. The number of anilines is 3. The molecule has 1 aromatic heterocycles. The average molecular weight is 499 g/mol. The first kappa shape index (κ1) is 23.9. The Labute approximate surface area is 203 Å². The second kappa shape index (κ2) is 9.96. The fourth-order valence-corrected chi connectivity index (χ4v) is 5.92. The van der Waals surface area contributed by atoms with Gasteiger partial charge in [0, 0.05) is 30.6 Å². The van der Waals surface area contributed by atoms with Crippen molar-refractivity contribution >= 4 is 50.2 Å². The highest BCUT2D eigenvalue weighted by atomic mass is 32.2. The maximum absolute atomic E-state index is 12.9. The van der Waals surface area contributed by atoms with Crippen molar-refractivity contribution < 1.29 is 18.0 Å². The molecule has 2 heterocycles. The third kappa shape index (κ3) is 5.46. The minimum absolute atomic E-state index is 0.00142. The zero-order valence-corrected chi connectivity index (χ0v) is 20.5. The summed E-state index contributed by atoms with van der Waals surface area (Å²) in [6, 6.07) is 14.4. The Morgan fingerprint density at radius 3 is 2.50 bits per heavy atom. The monoisotopic (exact) mass is 498 g/mol. The molecule has 3 aromatic rings. The molecule has 0 saturated heterocycles. The van der Waals surface area contributed by atoms with Gasteiger partial charge >= 0.3 is 0 Å². The second-order valence-corrected chi connectivity index (χ2v) is 10.8. The van der Waals surface area contributed by atoms with E-state index >= 15 is 0 Å². The van der Waals surface area contributed by atoms with E-state index in [0.29, 0.717) is 11.4 Å². The van der Waals surface area contributed by atoms with Crippen LogP contribution >= 0.6 is 11.3 Å². The van der Waals surface area contributed by atoms with Gasteiger partial charge in [-0.2, -0.15) is 4.72 Å². The van der Waals surface area contributed by atoms with Gasteiger partial charge in [-0.05, 0) is 66.8 Å². The number of thiophene rings is 1. The van der Waals surface area contributed by atoms with E-state index in [-0.39, 0.29) is 10.8 Å². The fourth-order valence-electron chi connectivity index (χ4n) is 3.83. The Morgan fingerprint density at radius 1 is 1.03 bits per heavy atom. The number of nitrogens with one attached hydrogen (secondary N) is 3. The van der Waals surface area contributed by atoms with Gasteiger partial charge in [0.2, 0.25) is 21.8 Å². The fraction of sp³-hybridized carbons (Fsp3) is 0.250. The molecule has 1 aliphatic rings. The van der Waals surface area contributed by atoms with Crippen LogP contribution in [0.4, 0.5) is 17.1 Å². The summed E-state index contributed by atoms with van der Waals surface area (Å²) in [5, 5.41) is 7.56. The highest BCUT2D eigenvalue weighted by molar-refractivity contribution is 7.89. The number of sulfonamides is 1. The van der Waals surface area contributed by atoms with Gasteiger partial charge in [-0.3, -0.25) is 9.59 Å². The molecule has 0 saturated carbocycles. The molecule has 1 atom stereocenters. The molecule has 0 spiro atoms. The van der Waals surface area contributed by atoms with E-state index in [0.717, 1.165) is 25.2 Å². The number of carbonyl (C=O) groups excluding carboxylic acids is 2. The Kier molecular flexibility index (Phi) is 7.01. The number of amides is 2. The number of rotatable bonds is 7. The van der Waals surface area contributed by atoms with Gasteiger partial charge in [0.05, 0.1) is 22.3 Å². The smallest absolute Gasteiger partial charge is 0.242 e. The molecule has 0 unspecified atom stereocenters. The van der Waals surface area contributed by atoms with E-state index in [4.69, 9.17) is 0 Å². The molecule has 0 fully saturated rings. The lowest BCUT2D eigenvalue weighted by molar-refractivity contribution is -0.117. The third-order valence-electron chi connectivity index (χ3n) is 5.52. The topological polar surface area (TPSA) is 108 Å². The Hall–Kier alpha value is -3.21. The summed E-state index contributed by atoms with van der Waals surface area (Å²) in [5.74, 6) is -0.709. The van der Waals surface area contributed by atoms with Crippen LogP contribution in [0.3, 0.4) is 0 Å². The average Bonchev–Trinajstić information content (AvgIpc) is 3.27. The van der Waals surface area contributed by atoms with Gasteiger partial charge in [-0.1, -0.05) is 12.1 Å². The molecule has 34 heavy (non-hydrogen) atoms. The normalized spacial score (nSPS) is 14.2. The molecular formula is C24H26N4O4S2. The van der Waals surface area contributed by atoms with E-state index in [1.165, 1.54) is 48.6 Å². The van der Waals surface area contributed by atoms with Crippen molar-refractivity contribution in [2.45, 2.75) is 37.8 Å². The van der Waals surface area contributed by atoms with Crippen LogP contribution in [0.25, 0.3) is 0 Å². The summed E-state index contributed by atoms with van der Waals surface area (Å²) in [4.78, 5) is 27.6. The maximum Gasteiger partial charge on any atom is 0.242 e.